The maximum Gasteiger partial charge on any atom is 0.235 e. The lowest BCUT2D eigenvalue weighted by Gasteiger charge is -2.22. The molecule has 0 saturated heterocycles. The summed E-state index contributed by atoms with van der Waals surface area (Å²) in [6.07, 6.45) is 10.8. The van der Waals surface area contributed by atoms with E-state index >= 15 is 0 Å². The number of benzene rings is 8. The van der Waals surface area contributed by atoms with Crippen molar-refractivity contribution in [1.29, 1.82) is 0 Å². The molecule has 8 aromatic carbocycles. The number of rotatable bonds is 6. The Morgan fingerprint density at radius 2 is 1.03 bits per heavy atom. The fourth-order valence-electron chi connectivity index (χ4n) is 10.2. The van der Waals surface area contributed by atoms with Gasteiger partial charge in [0.25, 0.3) is 0 Å². The van der Waals surface area contributed by atoms with Gasteiger partial charge >= 0.3 is 0 Å². The van der Waals surface area contributed by atoms with E-state index in [2.05, 4.69) is 221 Å². The Hall–Kier alpha value is -8.28. The molecule has 0 atom stereocenters. The van der Waals surface area contributed by atoms with Gasteiger partial charge in [-0.05, 0) is 118 Å². The average molecular weight is 820 g/mol. The minimum absolute atomic E-state index is 0.681. The van der Waals surface area contributed by atoms with Crippen molar-refractivity contribution in [3.8, 4) is 22.8 Å². The number of nitrogens with one attached hydrogen (secondary N) is 1. The van der Waals surface area contributed by atoms with Crippen LogP contribution in [-0.2, 0) is 0 Å². The first-order valence-electron chi connectivity index (χ1n) is 22.2. The van der Waals surface area contributed by atoms with Crippen molar-refractivity contribution in [3.63, 3.8) is 0 Å². The summed E-state index contributed by atoms with van der Waals surface area (Å²) in [5, 5.41) is 12.1. The Morgan fingerprint density at radius 3 is 1.81 bits per heavy atom. The molecule has 3 aromatic heterocycles. The van der Waals surface area contributed by atoms with E-state index in [1.54, 1.807) is 0 Å². The van der Waals surface area contributed by atoms with Gasteiger partial charge < -0.3 is 9.88 Å². The smallest absolute Gasteiger partial charge is 0.235 e. The van der Waals surface area contributed by atoms with Crippen LogP contribution in [0.4, 0.5) is 0 Å². The van der Waals surface area contributed by atoms with Crippen molar-refractivity contribution in [2.75, 3.05) is 6.54 Å². The lowest BCUT2D eigenvalue weighted by molar-refractivity contribution is 0.862. The third kappa shape index (κ3) is 5.85. The minimum Gasteiger partial charge on any atom is -0.381 e. The normalized spacial score (nSPS) is 14.2. The average Bonchev–Trinajstić information content (AvgIpc) is 3.89. The highest BCUT2D eigenvalue weighted by molar-refractivity contribution is 6.22. The summed E-state index contributed by atoms with van der Waals surface area (Å²) in [7, 11) is 0. The van der Waals surface area contributed by atoms with Gasteiger partial charge in [-0.1, -0.05) is 146 Å². The van der Waals surface area contributed by atoms with Crippen molar-refractivity contribution in [2.24, 2.45) is 0 Å². The quantitative estimate of drug-likeness (QED) is 0.182. The highest BCUT2D eigenvalue weighted by Gasteiger charge is 2.22. The van der Waals surface area contributed by atoms with Crippen LogP contribution in [0.15, 0.2) is 218 Å². The van der Waals surface area contributed by atoms with E-state index in [4.69, 9.17) is 9.97 Å². The van der Waals surface area contributed by atoms with E-state index < -0.39 is 0 Å². The summed E-state index contributed by atoms with van der Waals surface area (Å²) in [5.41, 5.74) is 16.3. The molecule has 0 radical (unpaired) electrons. The van der Waals surface area contributed by atoms with Crippen LogP contribution in [0.2, 0.25) is 0 Å². The van der Waals surface area contributed by atoms with Crippen LogP contribution >= 0.6 is 0 Å². The Kier molecular flexibility index (Phi) is 8.34. The van der Waals surface area contributed by atoms with E-state index in [-0.39, 0.29) is 0 Å². The molecule has 0 amide bonds. The molecular weight excluding hydrogens is 779 g/mol. The van der Waals surface area contributed by atoms with E-state index in [9.17, 15) is 0 Å². The summed E-state index contributed by atoms with van der Waals surface area (Å²) in [4.78, 5) is 10.7. The molecule has 302 valence electrons. The number of nitrogens with zero attached hydrogens (tertiary/aromatic N) is 4. The van der Waals surface area contributed by atoms with Crippen LogP contribution in [-0.4, -0.2) is 25.6 Å². The van der Waals surface area contributed by atoms with Crippen LogP contribution in [0.3, 0.4) is 0 Å². The van der Waals surface area contributed by atoms with Crippen LogP contribution in [0.5, 0.6) is 0 Å². The van der Waals surface area contributed by atoms with Gasteiger partial charge in [-0.2, -0.15) is 0 Å². The lowest BCUT2D eigenvalue weighted by Crippen LogP contribution is -2.21. The lowest BCUT2D eigenvalue weighted by atomic mass is 9.91. The van der Waals surface area contributed by atoms with Crippen molar-refractivity contribution >= 4 is 76.4 Å². The SMILES string of the molecule is C1=C(C2=CC=C(c3ccccc3)CN2)CCC(c2nc(-n3c4ccccc4c4cc(-c5ccc6c(c5)c5c7ccccc7ccc5n6-c5ccccc5)ccc43)nc3ccccc23)=C1. The molecule has 5 heteroatoms. The first kappa shape index (κ1) is 36.4. The maximum absolute atomic E-state index is 5.46. The second-order valence-corrected chi connectivity index (χ2v) is 16.9. The predicted molar refractivity (Wildman–Crippen MR) is 267 cm³/mol. The molecule has 0 spiro atoms. The Bertz CT molecular complexity index is 3820. The fraction of sp³-hybridized carbons (Fsp3) is 0.0508. The number of dihydropyridines is 1. The first-order chi connectivity index (χ1) is 31.7. The van der Waals surface area contributed by atoms with Crippen LogP contribution in [0.1, 0.15) is 24.1 Å². The molecule has 1 N–H and O–H groups in total. The number of para-hydroxylation sites is 3. The van der Waals surface area contributed by atoms with Crippen molar-refractivity contribution in [1.82, 2.24) is 24.4 Å². The molecule has 1 aliphatic heterocycles. The molecule has 13 rings (SSSR count). The van der Waals surface area contributed by atoms with Gasteiger partial charge in [-0.3, -0.25) is 4.57 Å². The second-order valence-electron chi connectivity index (χ2n) is 16.9. The van der Waals surface area contributed by atoms with Gasteiger partial charge in [0.15, 0.2) is 0 Å². The molecular formula is C59H41N5. The van der Waals surface area contributed by atoms with Crippen molar-refractivity contribution < 1.29 is 0 Å². The summed E-state index contributed by atoms with van der Waals surface area (Å²) in [6.45, 7) is 0.816. The molecule has 0 unspecified atom stereocenters. The third-order valence-electron chi connectivity index (χ3n) is 13.3. The zero-order valence-corrected chi connectivity index (χ0v) is 35.0. The zero-order valence-electron chi connectivity index (χ0n) is 35.0. The monoisotopic (exact) mass is 819 g/mol. The Balaban J connectivity index is 0.927. The number of hydrogen-bond acceptors (Lipinski definition) is 3. The highest BCUT2D eigenvalue weighted by atomic mass is 15.2. The molecule has 4 heterocycles. The number of aromatic nitrogens is 4. The summed E-state index contributed by atoms with van der Waals surface area (Å²) in [5.74, 6) is 0.681. The van der Waals surface area contributed by atoms with E-state index in [1.165, 1.54) is 82.5 Å². The molecule has 2 aliphatic rings. The van der Waals surface area contributed by atoms with E-state index in [0.29, 0.717) is 5.95 Å². The van der Waals surface area contributed by atoms with Crippen molar-refractivity contribution in [3.05, 3.63) is 229 Å². The molecule has 0 fully saturated rings. The van der Waals surface area contributed by atoms with Gasteiger partial charge in [0, 0.05) is 44.9 Å². The molecule has 0 saturated carbocycles. The second kappa shape index (κ2) is 14.7. The summed E-state index contributed by atoms with van der Waals surface area (Å²) >= 11 is 0. The van der Waals surface area contributed by atoms with E-state index in [1.807, 2.05) is 0 Å². The summed E-state index contributed by atoms with van der Waals surface area (Å²) < 4.78 is 4.66. The molecule has 0 bridgehead atoms. The standard InChI is InChI=1S/C59H41N5/c1-3-13-38(14-4-1)44-27-31-51(60-37-44)40-23-25-41(26-24-40)58-48-20-9-11-21-52(48)61-59(62-58)64-53-22-12-10-19-47(53)49-35-42(29-32-54(49)64)43-30-33-55-50(36-43)57-46-18-8-7-15-39(46)28-34-56(57)63(55)45-16-5-2-6-17-45/h1-23,25,27-36,60H,24,26,37H2. The Labute approximate surface area is 370 Å². The maximum atomic E-state index is 5.46. The van der Waals surface area contributed by atoms with Gasteiger partial charge in [0.1, 0.15) is 0 Å². The van der Waals surface area contributed by atoms with Crippen LogP contribution < -0.4 is 5.32 Å². The van der Waals surface area contributed by atoms with Gasteiger partial charge in [0.05, 0.1) is 33.3 Å². The number of hydrogen-bond donors (Lipinski definition) is 1. The fourth-order valence-corrected chi connectivity index (χ4v) is 10.2. The van der Waals surface area contributed by atoms with Gasteiger partial charge in [0.2, 0.25) is 5.95 Å². The molecule has 64 heavy (non-hydrogen) atoms. The van der Waals surface area contributed by atoms with Crippen molar-refractivity contribution in [2.45, 2.75) is 12.8 Å². The largest absolute Gasteiger partial charge is 0.381 e. The number of fused-ring (bicyclic) bond motifs is 9. The van der Waals surface area contributed by atoms with Gasteiger partial charge in [-0.25, -0.2) is 9.97 Å². The van der Waals surface area contributed by atoms with Gasteiger partial charge in [-0.15, -0.1) is 0 Å². The zero-order chi connectivity index (χ0) is 42.1. The summed E-state index contributed by atoms with van der Waals surface area (Å²) in [6, 6.07) is 65.5. The molecule has 1 aliphatic carbocycles. The molecule has 5 nitrogen and oxygen atoms in total. The highest BCUT2D eigenvalue weighted by Crippen LogP contribution is 2.41. The molecule has 11 aromatic rings. The number of allylic oxidation sites excluding steroid dienone is 6. The van der Waals surface area contributed by atoms with E-state index in [0.717, 1.165) is 52.7 Å². The van der Waals surface area contributed by atoms with Crippen LogP contribution in [0.25, 0.3) is 99.2 Å². The predicted octanol–water partition coefficient (Wildman–Crippen LogP) is 14.3. The topological polar surface area (TPSA) is 47.7 Å². The Morgan fingerprint density at radius 1 is 0.406 bits per heavy atom. The third-order valence-corrected chi connectivity index (χ3v) is 13.3. The van der Waals surface area contributed by atoms with Crippen LogP contribution in [0, 0.1) is 0 Å². The first-order valence-corrected chi connectivity index (χ1v) is 22.2. The minimum atomic E-state index is 0.681.